The van der Waals surface area contributed by atoms with Gasteiger partial charge < -0.3 is 4.42 Å². The number of thiazole rings is 1. The lowest BCUT2D eigenvalue weighted by molar-refractivity contribution is 0.571. The highest BCUT2D eigenvalue weighted by molar-refractivity contribution is 7.15. The summed E-state index contributed by atoms with van der Waals surface area (Å²) in [5, 5.41) is 4.85. The van der Waals surface area contributed by atoms with Crippen molar-refractivity contribution < 1.29 is 4.42 Å². The van der Waals surface area contributed by atoms with Gasteiger partial charge in [-0.2, -0.15) is 14.6 Å². The minimum absolute atomic E-state index is 0.135. The van der Waals surface area contributed by atoms with Gasteiger partial charge in [-0.15, -0.1) is 0 Å². The van der Waals surface area contributed by atoms with E-state index in [1.54, 1.807) is 48.5 Å². The van der Waals surface area contributed by atoms with E-state index in [1.165, 1.54) is 0 Å². The second kappa shape index (κ2) is 7.37. The minimum Gasteiger partial charge on any atom is -0.457 e. The Hall–Kier alpha value is -3.55. The Labute approximate surface area is 178 Å². The van der Waals surface area contributed by atoms with Gasteiger partial charge in [-0.3, -0.25) is 9.59 Å². The second-order valence-corrected chi connectivity index (χ2v) is 7.90. The lowest BCUT2D eigenvalue weighted by atomic mass is 10.2. The van der Waals surface area contributed by atoms with E-state index in [4.69, 9.17) is 16.0 Å². The van der Waals surface area contributed by atoms with Crippen LogP contribution in [-0.2, 0) is 0 Å². The Morgan fingerprint density at radius 1 is 0.967 bits per heavy atom. The first kappa shape index (κ1) is 18.5. The molecule has 0 N–H and O–H groups in total. The molecule has 0 aliphatic heterocycles. The smallest absolute Gasteiger partial charge is 0.300 e. The van der Waals surface area contributed by atoms with Crippen molar-refractivity contribution >= 4 is 34.0 Å². The molecule has 6 nitrogen and oxygen atoms in total. The maximum atomic E-state index is 12.8. The first-order valence-electron chi connectivity index (χ1n) is 8.95. The average molecular weight is 434 g/mol. The van der Waals surface area contributed by atoms with Crippen LogP contribution in [-0.4, -0.2) is 14.6 Å². The van der Waals surface area contributed by atoms with Crippen molar-refractivity contribution in [3.63, 3.8) is 0 Å². The maximum Gasteiger partial charge on any atom is 0.300 e. The van der Waals surface area contributed by atoms with Gasteiger partial charge in [0.05, 0.1) is 0 Å². The van der Waals surface area contributed by atoms with Gasteiger partial charge >= 0.3 is 5.56 Å². The summed E-state index contributed by atoms with van der Waals surface area (Å²) in [4.78, 5) is 29.5. The molecule has 5 aromatic rings. The Morgan fingerprint density at radius 3 is 2.57 bits per heavy atom. The SMILES string of the molecule is O=c1nc2s/c(=C\c3ccc(-c4cccc(Cl)c4)o3)c(=O)n2nc1-c1ccccc1. The molecular formula is C22H12ClN3O3S. The second-order valence-electron chi connectivity index (χ2n) is 6.45. The number of furan rings is 1. The number of hydrogen-bond donors (Lipinski definition) is 0. The molecule has 0 atom stereocenters. The molecule has 2 aromatic carbocycles. The molecule has 8 heteroatoms. The van der Waals surface area contributed by atoms with Crippen LogP contribution in [0.3, 0.4) is 0 Å². The first-order chi connectivity index (χ1) is 14.6. The van der Waals surface area contributed by atoms with Crippen molar-refractivity contribution in [1.82, 2.24) is 14.6 Å². The van der Waals surface area contributed by atoms with Crippen molar-refractivity contribution in [2.45, 2.75) is 0 Å². The molecule has 0 saturated carbocycles. The van der Waals surface area contributed by atoms with Crippen LogP contribution in [0.2, 0.25) is 5.02 Å². The lowest BCUT2D eigenvalue weighted by Crippen LogP contribution is -2.26. The van der Waals surface area contributed by atoms with Crippen LogP contribution >= 0.6 is 22.9 Å². The zero-order chi connectivity index (χ0) is 20.7. The van der Waals surface area contributed by atoms with E-state index in [0.717, 1.165) is 21.4 Å². The van der Waals surface area contributed by atoms with Crippen LogP contribution in [0.25, 0.3) is 33.6 Å². The molecule has 3 aromatic heterocycles. The summed E-state index contributed by atoms with van der Waals surface area (Å²) in [6, 6.07) is 19.8. The van der Waals surface area contributed by atoms with Gasteiger partial charge in [0.15, 0.2) is 5.69 Å². The highest BCUT2D eigenvalue weighted by Gasteiger charge is 2.13. The third kappa shape index (κ3) is 3.34. The highest BCUT2D eigenvalue weighted by Crippen LogP contribution is 2.25. The summed E-state index contributed by atoms with van der Waals surface area (Å²) in [7, 11) is 0. The summed E-state index contributed by atoms with van der Waals surface area (Å²) in [5.74, 6) is 1.13. The van der Waals surface area contributed by atoms with Gasteiger partial charge in [0, 0.05) is 22.2 Å². The predicted molar refractivity (Wildman–Crippen MR) is 117 cm³/mol. The predicted octanol–water partition coefficient (Wildman–Crippen LogP) is 3.64. The molecule has 0 saturated heterocycles. The van der Waals surface area contributed by atoms with E-state index in [9.17, 15) is 9.59 Å². The van der Waals surface area contributed by atoms with E-state index in [-0.39, 0.29) is 16.2 Å². The third-order valence-corrected chi connectivity index (χ3v) is 5.64. The molecule has 0 amide bonds. The fourth-order valence-electron chi connectivity index (χ4n) is 3.04. The monoisotopic (exact) mass is 433 g/mol. The minimum atomic E-state index is -0.477. The summed E-state index contributed by atoms with van der Waals surface area (Å²) < 4.78 is 7.36. The number of fused-ring (bicyclic) bond motifs is 1. The largest absolute Gasteiger partial charge is 0.457 e. The van der Waals surface area contributed by atoms with E-state index < -0.39 is 5.56 Å². The number of hydrogen-bond acceptors (Lipinski definition) is 6. The van der Waals surface area contributed by atoms with Gasteiger partial charge in [-0.05, 0) is 24.3 Å². The van der Waals surface area contributed by atoms with E-state index in [1.807, 2.05) is 24.3 Å². The summed E-state index contributed by atoms with van der Waals surface area (Å²) >= 11 is 7.12. The molecule has 0 aliphatic carbocycles. The molecule has 0 fully saturated rings. The Bertz CT molecular complexity index is 1550. The zero-order valence-electron chi connectivity index (χ0n) is 15.3. The van der Waals surface area contributed by atoms with Crippen LogP contribution in [0.5, 0.6) is 0 Å². The van der Waals surface area contributed by atoms with Crippen LogP contribution < -0.4 is 15.7 Å². The Balaban J connectivity index is 1.60. The summed E-state index contributed by atoms with van der Waals surface area (Å²) in [6.07, 6.45) is 1.62. The molecule has 0 radical (unpaired) electrons. The molecule has 30 heavy (non-hydrogen) atoms. The van der Waals surface area contributed by atoms with Crippen molar-refractivity contribution in [1.29, 1.82) is 0 Å². The zero-order valence-corrected chi connectivity index (χ0v) is 16.9. The van der Waals surface area contributed by atoms with Crippen molar-refractivity contribution in [3.8, 4) is 22.6 Å². The molecule has 0 bridgehead atoms. The van der Waals surface area contributed by atoms with Crippen LogP contribution in [0.1, 0.15) is 5.76 Å². The number of benzene rings is 2. The van der Waals surface area contributed by atoms with Gasteiger partial charge in [0.1, 0.15) is 16.1 Å². The van der Waals surface area contributed by atoms with Gasteiger partial charge in [-0.25, -0.2) is 0 Å². The molecule has 146 valence electrons. The Morgan fingerprint density at radius 2 is 1.77 bits per heavy atom. The van der Waals surface area contributed by atoms with E-state index >= 15 is 0 Å². The Kier molecular flexibility index (Phi) is 4.54. The number of rotatable bonds is 3. The summed E-state index contributed by atoms with van der Waals surface area (Å²) in [6.45, 7) is 0. The molecule has 0 aliphatic rings. The lowest BCUT2D eigenvalue weighted by Gasteiger charge is -1.98. The van der Waals surface area contributed by atoms with Crippen LogP contribution in [0.15, 0.2) is 80.7 Å². The van der Waals surface area contributed by atoms with Crippen molar-refractivity contribution in [3.05, 3.63) is 103 Å². The molecule has 5 rings (SSSR count). The van der Waals surface area contributed by atoms with Gasteiger partial charge in [0.2, 0.25) is 4.96 Å². The average Bonchev–Trinajstić information content (AvgIpc) is 3.33. The fraction of sp³-hybridized carbons (Fsp3) is 0. The normalized spacial score (nSPS) is 12.0. The van der Waals surface area contributed by atoms with E-state index in [0.29, 0.717) is 26.6 Å². The number of nitrogens with zero attached hydrogens (tertiary/aromatic N) is 3. The quantitative estimate of drug-likeness (QED) is 0.434. The highest BCUT2D eigenvalue weighted by atomic mass is 35.5. The number of aromatic nitrogens is 3. The van der Waals surface area contributed by atoms with Crippen molar-refractivity contribution in [2.75, 3.05) is 0 Å². The number of halogens is 1. The fourth-order valence-corrected chi connectivity index (χ4v) is 4.12. The maximum absolute atomic E-state index is 12.8. The molecule has 3 heterocycles. The summed E-state index contributed by atoms with van der Waals surface area (Å²) in [5.41, 5.74) is 0.742. The van der Waals surface area contributed by atoms with Crippen molar-refractivity contribution in [2.24, 2.45) is 0 Å². The van der Waals surface area contributed by atoms with Gasteiger partial charge in [-0.1, -0.05) is 65.4 Å². The molecule has 0 spiro atoms. The van der Waals surface area contributed by atoms with E-state index in [2.05, 4.69) is 10.1 Å². The third-order valence-electron chi connectivity index (χ3n) is 4.44. The standard InChI is InChI=1S/C22H12ClN3O3S/c23-15-8-4-7-14(11-15)17-10-9-16(29-17)12-18-21(28)26-22(30-18)24-20(27)19(25-26)13-5-2-1-3-6-13/h1-12H/b18-12-. The van der Waals surface area contributed by atoms with Crippen LogP contribution in [0, 0.1) is 0 Å². The first-order valence-corrected chi connectivity index (χ1v) is 10.1. The molecular weight excluding hydrogens is 422 g/mol. The topological polar surface area (TPSA) is 77.5 Å². The van der Waals surface area contributed by atoms with Gasteiger partial charge in [0.25, 0.3) is 5.56 Å². The molecule has 0 unspecified atom stereocenters. The van der Waals surface area contributed by atoms with Crippen LogP contribution in [0.4, 0.5) is 0 Å².